The summed E-state index contributed by atoms with van der Waals surface area (Å²) in [5.41, 5.74) is 13.4. The Morgan fingerprint density at radius 1 is 0.585 bits per heavy atom. The number of para-hydroxylation sites is 2. The van der Waals surface area contributed by atoms with Crippen molar-refractivity contribution < 1.29 is 110 Å². The normalized spacial score (nSPS) is 23.9. The highest BCUT2D eigenvalue weighted by Gasteiger charge is 2.45. The number of carbonyl (C=O) groups is 18. The lowest BCUT2D eigenvalue weighted by Gasteiger charge is -2.36. The summed E-state index contributed by atoms with van der Waals surface area (Å²) >= 11 is 0.847. The molecular formula is C90H122F3N21O20S. The summed E-state index contributed by atoms with van der Waals surface area (Å²) in [6, 6.07) is -3.14. The van der Waals surface area contributed by atoms with Gasteiger partial charge in [-0.05, 0) is 106 Å². The van der Waals surface area contributed by atoms with E-state index in [1.165, 1.54) is 59.3 Å². The number of nitrogens with one attached hydrogen (secondary N) is 13. The minimum Gasteiger partial charge on any atom is -0.508 e. The molecule has 8 rings (SSSR count). The van der Waals surface area contributed by atoms with E-state index in [1.807, 2.05) is 13.8 Å². The van der Waals surface area contributed by atoms with Crippen LogP contribution in [0.2, 0.25) is 0 Å². The number of benzene rings is 3. The average Bonchev–Trinajstić information content (AvgIpc) is 1.61. The number of imidazole rings is 1. The molecule has 6 aromatic rings. The first-order valence-corrected chi connectivity index (χ1v) is 45.8. The second kappa shape index (κ2) is 50.7. The Bertz CT molecular complexity index is 5220. The van der Waals surface area contributed by atoms with Gasteiger partial charge in [0.1, 0.15) is 96.9 Å². The number of carbonyl (C=O) groups excluding carboxylic acids is 18. The highest BCUT2D eigenvalue weighted by Crippen LogP contribution is 2.27. The number of nitrogens with zero attached hydrogens (tertiary/aromatic N) is 6. The third kappa shape index (κ3) is 30.3. The van der Waals surface area contributed by atoms with Gasteiger partial charge in [0.25, 0.3) is 0 Å². The number of amides is 16. The number of nitrogens with two attached hydrogens (primary N) is 2. The zero-order chi connectivity index (χ0) is 99.2. The molecule has 5 heterocycles. The lowest BCUT2D eigenvalue weighted by Crippen LogP contribution is -2.62. The number of phenolic OH excluding ortho intramolecular Hbond substituents is 1. The van der Waals surface area contributed by atoms with Crippen LogP contribution in [0.4, 0.5) is 13.2 Å². The summed E-state index contributed by atoms with van der Waals surface area (Å²) in [6.45, 7) is 7.50. The first-order valence-electron chi connectivity index (χ1n) is 44.6. The lowest BCUT2D eigenvalue weighted by molar-refractivity contribution is -0.149. The quantitative estimate of drug-likeness (QED) is 0.0253. The van der Waals surface area contributed by atoms with Crippen molar-refractivity contribution in [2.24, 2.45) is 17.4 Å². The molecule has 0 aliphatic carbocycles. The van der Waals surface area contributed by atoms with Crippen molar-refractivity contribution in [2.75, 3.05) is 58.9 Å². The maximum Gasteiger partial charge on any atom is 0.472 e. The third-order valence-corrected chi connectivity index (χ3v) is 24.5. The number of thioether (sulfide) groups is 1. The fourth-order valence-corrected chi connectivity index (χ4v) is 16.6. The van der Waals surface area contributed by atoms with E-state index in [0.717, 1.165) is 31.4 Å². The minimum atomic E-state index is -5.44. The smallest absolute Gasteiger partial charge is 0.472 e. The van der Waals surface area contributed by atoms with Crippen LogP contribution in [0.3, 0.4) is 0 Å². The third-order valence-electron chi connectivity index (χ3n) is 23.4. The summed E-state index contributed by atoms with van der Waals surface area (Å²) in [7, 11) is 3.88. The number of aromatic nitrogens is 4. The molecule has 0 bridgehead atoms. The van der Waals surface area contributed by atoms with Crippen LogP contribution in [0.15, 0.2) is 97.7 Å². The fraction of sp³-hybridized carbons (Fsp3) is 0.522. The molecule has 734 valence electrons. The van der Waals surface area contributed by atoms with Crippen LogP contribution in [0.25, 0.3) is 21.8 Å². The van der Waals surface area contributed by atoms with Gasteiger partial charge in [-0.25, -0.2) is 4.98 Å². The van der Waals surface area contributed by atoms with Gasteiger partial charge in [-0.2, -0.15) is 13.2 Å². The van der Waals surface area contributed by atoms with Gasteiger partial charge in [-0.1, -0.05) is 102 Å². The molecule has 0 saturated carbocycles. The van der Waals surface area contributed by atoms with E-state index in [0.29, 0.717) is 83.0 Å². The number of hydrogen-bond donors (Lipinski definition) is 17. The van der Waals surface area contributed by atoms with Gasteiger partial charge in [0, 0.05) is 106 Å². The molecular weight excluding hydrogens is 1780 g/mol. The Labute approximate surface area is 781 Å². The van der Waals surface area contributed by atoms with Crippen molar-refractivity contribution in [3.8, 4) is 5.75 Å². The number of halogens is 3. The topological polar surface area (TPSA) is 594 Å². The van der Waals surface area contributed by atoms with Crippen molar-refractivity contribution in [1.29, 1.82) is 0 Å². The second-order valence-electron chi connectivity index (χ2n) is 34.0. The standard InChI is InChI=1S/C90H122F3N21O20S/c1-10-12-25-70-83(128)100-50(5)76(121)101-56(44-115)46-135-47-75(120)102-66(35-52-28-30-57(117)31-29-52)85(130)110(7)51(6)77(122)107-68(39-73(95)118)87(132)114-33-19-27-71(114)84(129)106-65(38-55-43-113(48-99-55)89(134)90(91,92)93)81(126)104-63(34-49(3)4)79(124)103-62(24-18-32-96-74(119)40-94)78(123)105-64(36-53-41-97-60-22-16-14-20-58(53)60)80(125)109-69(45-116)82(127)108-67(37-54-42-98-61-23-17-15-21-59(54)61)86(131)112(9)72(26-13-11-2)88(133)111(70)8/h14-17,20-23,28-31,41-44,48-51,56,62-72,97-98,116-117H,10-13,18-19,24-27,32-40,45-47,94H2,1-9H3,(H2,95,118)(H,96,119)(H,100,128)(H,101,121)(H,102,120)(H,103,124)(H,104,126)(H,105,123)(H,106,129)(H,107,122)(H,108,127)(H,109,125)/t50-,51-,56+,62-,63-,64-,65-,66-,67-,68-,69-,70-,71-,72-/m0/s1. The number of rotatable bonds is 25. The van der Waals surface area contributed by atoms with Crippen LogP contribution < -0.4 is 70.0 Å². The van der Waals surface area contributed by atoms with Gasteiger partial charge in [0.15, 0.2) is 0 Å². The predicted molar refractivity (Wildman–Crippen MR) is 488 cm³/mol. The van der Waals surface area contributed by atoms with E-state index < -0.39 is 235 Å². The zero-order valence-electron chi connectivity index (χ0n) is 76.7. The van der Waals surface area contributed by atoms with E-state index in [9.17, 15) is 76.1 Å². The van der Waals surface area contributed by atoms with Gasteiger partial charge in [-0.3, -0.25) is 86.1 Å². The zero-order valence-corrected chi connectivity index (χ0v) is 77.5. The van der Waals surface area contributed by atoms with Crippen molar-refractivity contribution in [2.45, 2.75) is 235 Å². The molecule has 14 atom stereocenters. The highest BCUT2D eigenvalue weighted by molar-refractivity contribution is 8.00. The number of primary amides is 1. The molecule has 2 fully saturated rings. The molecule has 3 aromatic carbocycles. The fourth-order valence-electron chi connectivity index (χ4n) is 15.8. The number of aliphatic hydroxyl groups is 1. The number of hydrogen-bond acceptors (Lipinski definition) is 23. The molecule has 41 nitrogen and oxygen atoms in total. The maximum atomic E-state index is 15.6. The largest absolute Gasteiger partial charge is 0.508 e. The number of alkyl halides is 3. The highest BCUT2D eigenvalue weighted by atomic mass is 32.2. The number of aliphatic hydroxyl groups excluding tert-OH is 1. The molecule has 45 heteroatoms. The number of likely N-dealkylation sites (N-methyl/N-ethyl adjacent to an activating group) is 3. The van der Waals surface area contributed by atoms with Crippen LogP contribution in [0.5, 0.6) is 5.75 Å². The van der Waals surface area contributed by atoms with E-state index in [4.69, 9.17) is 11.5 Å². The van der Waals surface area contributed by atoms with E-state index in [2.05, 4.69) is 73.4 Å². The van der Waals surface area contributed by atoms with Gasteiger partial charge >= 0.3 is 12.1 Å². The summed E-state index contributed by atoms with van der Waals surface area (Å²) < 4.78 is 41.8. The number of aldehydes is 1. The second-order valence-corrected chi connectivity index (χ2v) is 35.1. The predicted octanol–water partition coefficient (Wildman–Crippen LogP) is -0.521. The van der Waals surface area contributed by atoms with Crippen LogP contribution in [-0.2, 0) is 107 Å². The van der Waals surface area contributed by atoms with E-state index in [-0.39, 0.29) is 93.4 Å². The minimum absolute atomic E-state index is 0.0106. The number of aromatic hydroxyl groups is 1. The Morgan fingerprint density at radius 3 is 1.70 bits per heavy atom. The lowest BCUT2D eigenvalue weighted by atomic mass is 10.00. The van der Waals surface area contributed by atoms with Crippen LogP contribution in [0, 0.1) is 5.92 Å². The van der Waals surface area contributed by atoms with Gasteiger partial charge in [0.05, 0.1) is 37.1 Å². The van der Waals surface area contributed by atoms with Crippen molar-refractivity contribution >= 4 is 140 Å². The number of unbranched alkanes of at least 4 members (excludes halogenated alkanes) is 2. The van der Waals surface area contributed by atoms with Crippen molar-refractivity contribution in [3.05, 3.63) is 120 Å². The monoisotopic (exact) mass is 1910 g/mol. The van der Waals surface area contributed by atoms with Crippen LogP contribution in [-0.4, -0.2) is 306 Å². The summed E-state index contributed by atoms with van der Waals surface area (Å²) in [6.07, 6.45) is -2.51. The Morgan fingerprint density at radius 2 is 1.11 bits per heavy atom. The maximum absolute atomic E-state index is 15.6. The molecule has 0 radical (unpaired) electrons. The summed E-state index contributed by atoms with van der Waals surface area (Å²) in [5, 5.41) is 51.0. The molecule has 19 N–H and O–H groups in total. The SMILES string of the molecule is CCCC[C@H]1C(=O)N(C)[C@@H](CCCC)C(=O)N[C@@H](C)C(=O)N[C@H](C=O)CSCC(=O)N[C@@H](Cc2ccc(O)cc2)C(=O)N(C)[C@@H](C)C(=O)N[C@@H](CC(N)=O)C(=O)N2CCC[C@H]2C(=O)N[C@@H](Cc2cn(C(=O)C(F)(F)F)cn2)C(=O)N[C@@H](CC(C)C)C(=O)N[C@@H](CCCNC(=O)CN)C(=O)N[C@@H](Cc2c[nH]c3ccccc23)C(=O)N[C@@H](CO)C(=O)N[C@@H](Cc2c[nH]c3ccccc23)C(=O)N1C. The number of aromatic amines is 2. The summed E-state index contributed by atoms with van der Waals surface area (Å²) in [4.78, 5) is 274. The van der Waals surface area contributed by atoms with Gasteiger partial charge in [-0.15, -0.1) is 11.8 Å². The molecule has 0 unspecified atom stereocenters. The Kier molecular flexibility index (Phi) is 40.2. The molecule has 0 spiro atoms. The molecule has 135 heavy (non-hydrogen) atoms. The summed E-state index contributed by atoms with van der Waals surface area (Å²) in [5.74, 6) is -19.5. The average molecular weight is 1910 g/mol. The van der Waals surface area contributed by atoms with Crippen molar-refractivity contribution in [3.63, 3.8) is 0 Å². The number of H-pyrrole nitrogens is 2. The molecule has 2 aliphatic heterocycles. The number of fused-ring (bicyclic) bond motifs is 3. The first kappa shape index (κ1) is 107. The van der Waals surface area contributed by atoms with Gasteiger partial charge in [0.2, 0.25) is 94.5 Å². The number of phenols is 1. The van der Waals surface area contributed by atoms with Crippen LogP contribution >= 0.6 is 11.8 Å². The Balaban J connectivity index is 1.20. The molecule has 16 amide bonds. The Hall–Kier alpha value is -13.3. The van der Waals surface area contributed by atoms with E-state index in [1.54, 1.807) is 74.8 Å². The molecule has 2 aliphatic rings. The first-order chi connectivity index (χ1) is 64.1. The van der Waals surface area contributed by atoms with Crippen LogP contribution in [0.1, 0.15) is 146 Å². The van der Waals surface area contributed by atoms with Crippen molar-refractivity contribution in [1.82, 2.24) is 97.6 Å². The van der Waals surface area contributed by atoms with E-state index >= 15 is 33.6 Å². The molecule has 3 aromatic heterocycles. The van der Waals surface area contributed by atoms with Gasteiger partial charge < -0.3 is 115 Å². The molecule has 2 saturated heterocycles.